The molecule has 0 unspecified atom stereocenters. The third-order valence-electron chi connectivity index (χ3n) is 1.51. The van der Waals surface area contributed by atoms with Crippen molar-refractivity contribution >= 4 is 22.9 Å². The number of aldehydes is 1. The Hall–Kier alpha value is -1.08. The average molecular weight is 181 g/mol. The second-order valence-electron chi connectivity index (χ2n) is 2.52. The summed E-state index contributed by atoms with van der Waals surface area (Å²) in [4.78, 5) is 10.1. The van der Waals surface area contributed by atoms with Crippen molar-refractivity contribution in [2.75, 3.05) is 0 Å². The van der Waals surface area contributed by atoms with E-state index in [0.717, 1.165) is 11.1 Å². The standard InChI is InChI=1S/C10H9ClO/c1-8-3-2-4-9(7-8)10(11)5-6-12/h2-7H,1H3/b10-5-. The van der Waals surface area contributed by atoms with E-state index in [-0.39, 0.29) is 0 Å². The Kier molecular flexibility index (Phi) is 3.06. The first-order valence-electron chi connectivity index (χ1n) is 3.62. The molecule has 0 amide bonds. The minimum Gasteiger partial charge on any atom is -0.299 e. The maximum Gasteiger partial charge on any atom is 0.144 e. The lowest BCUT2D eigenvalue weighted by atomic mass is 10.1. The molecule has 0 fully saturated rings. The van der Waals surface area contributed by atoms with Gasteiger partial charge in [-0.2, -0.15) is 0 Å². The molecular formula is C10H9ClO. The molecule has 1 aromatic carbocycles. The van der Waals surface area contributed by atoms with E-state index in [9.17, 15) is 4.79 Å². The zero-order valence-electron chi connectivity index (χ0n) is 6.75. The van der Waals surface area contributed by atoms with Crippen LogP contribution in [-0.2, 0) is 4.79 Å². The van der Waals surface area contributed by atoms with Gasteiger partial charge in [0.1, 0.15) is 6.29 Å². The van der Waals surface area contributed by atoms with Gasteiger partial charge in [0.2, 0.25) is 0 Å². The number of allylic oxidation sites excluding steroid dienone is 1. The van der Waals surface area contributed by atoms with Gasteiger partial charge >= 0.3 is 0 Å². The average Bonchev–Trinajstić information content (AvgIpc) is 2.05. The molecular weight excluding hydrogens is 172 g/mol. The van der Waals surface area contributed by atoms with Crippen LogP contribution in [0.3, 0.4) is 0 Å². The lowest BCUT2D eigenvalue weighted by molar-refractivity contribution is -0.104. The van der Waals surface area contributed by atoms with E-state index in [1.54, 1.807) is 0 Å². The molecule has 0 spiro atoms. The molecule has 0 atom stereocenters. The first-order chi connectivity index (χ1) is 5.74. The fraction of sp³-hybridized carbons (Fsp3) is 0.100. The van der Waals surface area contributed by atoms with Crippen LogP contribution in [0.4, 0.5) is 0 Å². The molecule has 0 aliphatic carbocycles. The van der Waals surface area contributed by atoms with Gasteiger partial charge in [-0.05, 0) is 18.6 Å². The number of carbonyl (C=O) groups excluding carboxylic acids is 1. The normalized spacial score (nSPS) is 11.3. The Morgan fingerprint density at radius 2 is 2.25 bits per heavy atom. The molecule has 0 saturated carbocycles. The Labute approximate surface area is 76.7 Å². The summed E-state index contributed by atoms with van der Waals surface area (Å²) in [5.74, 6) is 0. The number of hydrogen-bond acceptors (Lipinski definition) is 1. The topological polar surface area (TPSA) is 17.1 Å². The van der Waals surface area contributed by atoms with Crippen molar-refractivity contribution in [3.05, 3.63) is 41.5 Å². The van der Waals surface area contributed by atoms with Crippen LogP contribution in [0.25, 0.3) is 5.03 Å². The molecule has 1 rings (SSSR count). The number of halogens is 1. The monoisotopic (exact) mass is 180 g/mol. The van der Waals surface area contributed by atoms with Crippen LogP contribution in [-0.4, -0.2) is 6.29 Å². The molecule has 1 aromatic rings. The van der Waals surface area contributed by atoms with E-state index in [1.807, 2.05) is 31.2 Å². The van der Waals surface area contributed by atoms with Crippen LogP contribution in [0.15, 0.2) is 30.3 Å². The van der Waals surface area contributed by atoms with Gasteiger partial charge in [0.15, 0.2) is 0 Å². The fourth-order valence-electron chi connectivity index (χ4n) is 0.950. The number of carbonyl (C=O) groups is 1. The molecule has 62 valence electrons. The van der Waals surface area contributed by atoms with Crippen LogP contribution >= 0.6 is 11.6 Å². The van der Waals surface area contributed by atoms with Crippen molar-refractivity contribution in [1.82, 2.24) is 0 Å². The van der Waals surface area contributed by atoms with Gasteiger partial charge in [-0.1, -0.05) is 41.4 Å². The van der Waals surface area contributed by atoms with Crippen LogP contribution in [0.2, 0.25) is 0 Å². The molecule has 0 radical (unpaired) electrons. The highest BCUT2D eigenvalue weighted by atomic mass is 35.5. The third-order valence-corrected chi connectivity index (χ3v) is 1.85. The molecule has 12 heavy (non-hydrogen) atoms. The molecule has 0 saturated heterocycles. The van der Waals surface area contributed by atoms with Crippen molar-refractivity contribution in [3.63, 3.8) is 0 Å². The number of rotatable bonds is 2. The molecule has 1 nitrogen and oxygen atoms in total. The van der Waals surface area contributed by atoms with Gasteiger partial charge in [-0.15, -0.1) is 0 Å². The Morgan fingerprint density at radius 3 is 2.83 bits per heavy atom. The molecule has 0 N–H and O–H groups in total. The zero-order valence-corrected chi connectivity index (χ0v) is 7.51. The first kappa shape index (κ1) is 9.01. The summed E-state index contributed by atoms with van der Waals surface area (Å²) in [6.07, 6.45) is 2.03. The van der Waals surface area contributed by atoms with E-state index in [0.29, 0.717) is 11.3 Å². The molecule has 0 aliphatic rings. The summed E-state index contributed by atoms with van der Waals surface area (Å²) in [7, 11) is 0. The lowest BCUT2D eigenvalue weighted by Gasteiger charge is -1.98. The van der Waals surface area contributed by atoms with Crippen molar-refractivity contribution in [2.24, 2.45) is 0 Å². The Morgan fingerprint density at radius 1 is 1.50 bits per heavy atom. The Bertz CT molecular complexity index is 315. The van der Waals surface area contributed by atoms with E-state index >= 15 is 0 Å². The quantitative estimate of drug-likeness (QED) is 0.505. The summed E-state index contributed by atoms with van der Waals surface area (Å²) in [5.41, 5.74) is 2.01. The highest BCUT2D eigenvalue weighted by Crippen LogP contribution is 2.18. The van der Waals surface area contributed by atoms with Gasteiger partial charge in [0.05, 0.1) is 5.03 Å². The number of aryl methyl sites for hydroxylation is 1. The highest BCUT2D eigenvalue weighted by Gasteiger charge is 1.95. The summed E-state index contributed by atoms with van der Waals surface area (Å²) in [6.45, 7) is 1.98. The maximum atomic E-state index is 10.1. The van der Waals surface area contributed by atoms with E-state index in [4.69, 9.17) is 11.6 Å². The van der Waals surface area contributed by atoms with Crippen LogP contribution in [0, 0.1) is 6.92 Å². The second-order valence-corrected chi connectivity index (χ2v) is 2.93. The van der Waals surface area contributed by atoms with Crippen molar-refractivity contribution in [1.29, 1.82) is 0 Å². The number of benzene rings is 1. The predicted octanol–water partition coefficient (Wildman–Crippen LogP) is 2.77. The van der Waals surface area contributed by atoms with Gasteiger partial charge in [0.25, 0.3) is 0 Å². The largest absolute Gasteiger partial charge is 0.299 e. The van der Waals surface area contributed by atoms with Crippen molar-refractivity contribution in [2.45, 2.75) is 6.92 Å². The smallest absolute Gasteiger partial charge is 0.144 e. The summed E-state index contributed by atoms with van der Waals surface area (Å²) < 4.78 is 0. The zero-order chi connectivity index (χ0) is 8.97. The third kappa shape index (κ3) is 2.21. The SMILES string of the molecule is Cc1cccc(/C(Cl)=C/C=O)c1. The van der Waals surface area contributed by atoms with Crippen LogP contribution in [0.5, 0.6) is 0 Å². The Balaban J connectivity index is 3.03. The highest BCUT2D eigenvalue weighted by molar-refractivity contribution is 6.49. The molecule has 0 bridgehead atoms. The van der Waals surface area contributed by atoms with Gasteiger partial charge in [-0.3, -0.25) is 4.79 Å². The minimum absolute atomic E-state index is 0.480. The minimum atomic E-state index is 0.480. The molecule has 0 aromatic heterocycles. The van der Waals surface area contributed by atoms with E-state index in [1.165, 1.54) is 6.08 Å². The van der Waals surface area contributed by atoms with Crippen LogP contribution < -0.4 is 0 Å². The van der Waals surface area contributed by atoms with Crippen LogP contribution in [0.1, 0.15) is 11.1 Å². The van der Waals surface area contributed by atoms with Crippen molar-refractivity contribution < 1.29 is 4.79 Å². The van der Waals surface area contributed by atoms with E-state index < -0.39 is 0 Å². The van der Waals surface area contributed by atoms with E-state index in [2.05, 4.69) is 0 Å². The maximum absolute atomic E-state index is 10.1. The summed E-state index contributed by atoms with van der Waals surface area (Å²) in [5, 5.41) is 0.480. The fourth-order valence-corrected chi connectivity index (χ4v) is 1.12. The van der Waals surface area contributed by atoms with Gasteiger partial charge in [-0.25, -0.2) is 0 Å². The predicted molar refractivity (Wildman–Crippen MR) is 51.1 cm³/mol. The lowest BCUT2D eigenvalue weighted by Crippen LogP contribution is -1.79. The summed E-state index contributed by atoms with van der Waals surface area (Å²) >= 11 is 5.81. The number of hydrogen-bond donors (Lipinski definition) is 0. The molecule has 0 heterocycles. The van der Waals surface area contributed by atoms with Gasteiger partial charge in [0, 0.05) is 0 Å². The van der Waals surface area contributed by atoms with Gasteiger partial charge < -0.3 is 0 Å². The molecule has 0 aliphatic heterocycles. The molecule has 2 heteroatoms. The van der Waals surface area contributed by atoms with Crippen molar-refractivity contribution in [3.8, 4) is 0 Å². The summed E-state index contributed by atoms with van der Waals surface area (Å²) in [6, 6.07) is 7.69. The second kappa shape index (κ2) is 4.07. The first-order valence-corrected chi connectivity index (χ1v) is 4.00.